The van der Waals surface area contributed by atoms with Gasteiger partial charge in [0.15, 0.2) is 17.3 Å². The number of nitrogens with zero attached hydrogens (tertiary/aromatic N) is 1. The Balaban J connectivity index is 1.98. The average Bonchev–Trinajstić information content (AvgIpc) is 2.93. The van der Waals surface area contributed by atoms with E-state index in [4.69, 9.17) is 9.47 Å². The summed E-state index contributed by atoms with van der Waals surface area (Å²) in [5.74, 6) is 1.24. The maximum absolute atomic E-state index is 13.5. The summed E-state index contributed by atoms with van der Waals surface area (Å²) in [5, 5.41) is 3.48. The highest BCUT2D eigenvalue weighted by molar-refractivity contribution is 6.06. The zero-order valence-electron chi connectivity index (χ0n) is 18.2. The van der Waals surface area contributed by atoms with Crippen molar-refractivity contribution in [3.05, 3.63) is 59.3 Å². The first kappa shape index (κ1) is 21.0. The van der Waals surface area contributed by atoms with Gasteiger partial charge in [-0.05, 0) is 49.1 Å². The molecule has 0 bridgehead atoms. The maximum atomic E-state index is 13.5. The van der Waals surface area contributed by atoms with Gasteiger partial charge in [-0.3, -0.25) is 14.5 Å². The number of ketones is 1. The molecule has 1 N–H and O–H groups in total. The van der Waals surface area contributed by atoms with Crippen LogP contribution in [0.3, 0.4) is 0 Å². The van der Waals surface area contributed by atoms with E-state index in [2.05, 4.69) is 5.32 Å². The molecule has 31 heavy (non-hydrogen) atoms. The molecule has 1 heterocycles. The van der Waals surface area contributed by atoms with Crippen LogP contribution in [0.15, 0.2) is 53.7 Å². The molecule has 6 nitrogen and oxygen atoms in total. The van der Waals surface area contributed by atoms with Crippen LogP contribution in [-0.4, -0.2) is 25.9 Å². The van der Waals surface area contributed by atoms with E-state index in [9.17, 15) is 9.59 Å². The summed E-state index contributed by atoms with van der Waals surface area (Å²) < 4.78 is 10.9. The van der Waals surface area contributed by atoms with Crippen LogP contribution in [0.5, 0.6) is 11.5 Å². The number of Topliss-reactive ketones (excluding diaryl/α,β-unsaturated/α-hetero) is 1. The van der Waals surface area contributed by atoms with Gasteiger partial charge < -0.3 is 14.8 Å². The van der Waals surface area contributed by atoms with Crippen molar-refractivity contribution >= 4 is 23.1 Å². The van der Waals surface area contributed by atoms with Crippen LogP contribution in [0.4, 0.5) is 11.4 Å². The number of hydrogen-bond donors (Lipinski definition) is 1. The van der Waals surface area contributed by atoms with Crippen LogP contribution in [0.2, 0.25) is 0 Å². The Bertz CT molecular complexity index is 1040. The molecule has 1 amide bonds. The van der Waals surface area contributed by atoms with E-state index in [-0.39, 0.29) is 11.7 Å². The maximum Gasteiger partial charge on any atom is 0.227 e. The third-order valence-corrected chi connectivity index (χ3v) is 5.89. The highest BCUT2D eigenvalue weighted by Gasteiger charge is 2.39. The molecule has 162 valence electrons. The fraction of sp³-hybridized carbons (Fsp3) is 0.360. The molecule has 2 aliphatic rings. The van der Waals surface area contributed by atoms with Crippen molar-refractivity contribution in [2.24, 2.45) is 0 Å². The van der Waals surface area contributed by atoms with Crippen LogP contribution in [0.1, 0.15) is 50.6 Å². The largest absolute Gasteiger partial charge is 0.493 e. The van der Waals surface area contributed by atoms with Gasteiger partial charge in [-0.1, -0.05) is 25.1 Å². The van der Waals surface area contributed by atoms with Crippen LogP contribution >= 0.6 is 0 Å². The van der Waals surface area contributed by atoms with Gasteiger partial charge in [-0.25, -0.2) is 0 Å². The number of anilines is 2. The Hall–Kier alpha value is -3.28. The van der Waals surface area contributed by atoms with Gasteiger partial charge in [-0.2, -0.15) is 0 Å². The first-order chi connectivity index (χ1) is 15.1. The number of methoxy groups -OCH3 is 2. The summed E-state index contributed by atoms with van der Waals surface area (Å²) in [6, 6.07) is 12.8. The second-order valence-corrected chi connectivity index (χ2v) is 7.84. The van der Waals surface area contributed by atoms with E-state index >= 15 is 0 Å². The number of carbonyl (C=O) groups is 2. The molecule has 0 spiro atoms. The quantitative estimate of drug-likeness (QED) is 0.736. The molecular weight excluding hydrogens is 392 g/mol. The van der Waals surface area contributed by atoms with Gasteiger partial charge in [0.05, 0.1) is 31.6 Å². The molecule has 2 aromatic rings. The molecule has 1 atom stereocenters. The standard InChI is InChI=1S/C25H28N2O4/c1-4-8-23(29)27-19-11-6-5-9-17(19)26-18-10-7-12-20(28)24(18)25(27)16-13-14-21(30-2)22(15-16)31-3/h5-6,9,11,13-15,25-26H,4,7-8,10,12H2,1-3H3. The first-order valence-corrected chi connectivity index (χ1v) is 10.7. The van der Waals surface area contributed by atoms with E-state index < -0.39 is 6.04 Å². The van der Waals surface area contributed by atoms with Gasteiger partial charge in [0, 0.05) is 24.1 Å². The lowest BCUT2D eigenvalue weighted by atomic mass is 9.85. The van der Waals surface area contributed by atoms with Gasteiger partial charge in [-0.15, -0.1) is 0 Å². The number of hydrogen-bond acceptors (Lipinski definition) is 5. The second-order valence-electron chi connectivity index (χ2n) is 7.84. The predicted molar refractivity (Wildman–Crippen MR) is 121 cm³/mol. The first-order valence-electron chi connectivity index (χ1n) is 10.7. The van der Waals surface area contributed by atoms with Crippen molar-refractivity contribution in [1.82, 2.24) is 0 Å². The summed E-state index contributed by atoms with van der Waals surface area (Å²) in [6.45, 7) is 1.99. The summed E-state index contributed by atoms with van der Waals surface area (Å²) in [5.41, 5.74) is 4.01. The highest BCUT2D eigenvalue weighted by atomic mass is 16.5. The number of fused-ring (bicyclic) bond motifs is 1. The molecule has 0 radical (unpaired) electrons. The molecule has 1 aliphatic carbocycles. The molecule has 4 rings (SSSR count). The van der Waals surface area contributed by atoms with Crippen LogP contribution in [0.25, 0.3) is 0 Å². The third-order valence-electron chi connectivity index (χ3n) is 5.89. The molecule has 0 saturated carbocycles. The van der Waals surface area contributed by atoms with Crippen molar-refractivity contribution in [2.75, 3.05) is 24.4 Å². The lowest BCUT2D eigenvalue weighted by Crippen LogP contribution is -2.37. The number of nitrogens with one attached hydrogen (secondary N) is 1. The van der Waals surface area contributed by atoms with E-state index in [0.29, 0.717) is 29.9 Å². The number of carbonyl (C=O) groups excluding carboxylic acids is 2. The topological polar surface area (TPSA) is 67.9 Å². The van der Waals surface area contributed by atoms with Crippen molar-refractivity contribution < 1.29 is 19.1 Å². The van der Waals surface area contributed by atoms with E-state index in [1.807, 2.05) is 49.4 Å². The second kappa shape index (κ2) is 8.84. The van der Waals surface area contributed by atoms with E-state index in [1.165, 1.54) is 0 Å². The van der Waals surface area contributed by atoms with Crippen LogP contribution in [0, 0.1) is 0 Å². The molecular formula is C25H28N2O4. The number of amides is 1. The molecule has 0 aromatic heterocycles. The Morgan fingerprint density at radius 1 is 1.10 bits per heavy atom. The fourth-order valence-electron chi connectivity index (χ4n) is 4.48. The van der Waals surface area contributed by atoms with Crippen LogP contribution < -0.4 is 19.7 Å². The van der Waals surface area contributed by atoms with Crippen molar-refractivity contribution in [3.8, 4) is 11.5 Å². The van der Waals surface area contributed by atoms with Gasteiger partial charge >= 0.3 is 0 Å². The zero-order chi connectivity index (χ0) is 22.0. The van der Waals surface area contributed by atoms with Crippen molar-refractivity contribution in [1.29, 1.82) is 0 Å². The number of allylic oxidation sites excluding steroid dienone is 1. The van der Waals surface area contributed by atoms with Crippen LogP contribution in [-0.2, 0) is 9.59 Å². The summed E-state index contributed by atoms with van der Waals surface area (Å²) >= 11 is 0. The van der Waals surface area contributed by atoms with Gasteiger partial charge in [0.25, 0.3) is 0 Å². The fourth-order valence-corrected chi connectivity index (χ4v) is 4.48. The monoisotopic (exact) mass is 420 g/mol. The van der Waals surface area contributed by atoms with Gasteiger partial charge in [0.2, 0.25) is 5.91 Å². The van der Waals surface area contributed by atoms with E-state index in [0.717, 1.165) is 41.9 Å². The van der Waals surface area contributed by atoms with E-state index in [1.54, 1.807) is 19.1 Å². The number of ether oxygens (including phenoxy) is 2. The molecule has 0 saturated heterocycles. The third kappa shape index (κ3) is 3.78. The molecule has 0 fully saturated rings. The van der Waals surface area contributed by atoms with Crippen molar-refractivity contribution in [3.63, 3.8) is 0 Å². The summed E-state index contributed by atoms with van der Waals surface area (Å²) in [6.07, 6.45) is 3.18. The lowest BCUT2D eigenvalue weighted by Gasteiger charge is -2.34. The number of para-hydroxylation sites is 2. The SMILES string of the molecule is CCCC(=O)N1c2ccccc2NC2=C(C(=O)CCC2)C1c1ccc(OC)c(OC)c1. The normalized spacial score (nSPS) is 18.0. The molecule has 1 unspecified atom stereocenters. The smallest absolute Gasteiger partial charge is 0.227 e. The molecule has 2 aromatic carbocycles. The average molecular weight is 421 g/mol. The van der Waals surface area contributed by atoms with Crippen molar-refractivity contribution in [2.45, 2.75) is 45.1 Å². The number of benzene rings is 2. The highest BCUT2D eigenvalue weighted by Crippen LogP contribution is 2.46. The lowest BCUT2D eigenvalue weighted by molar-refractivity contribution is -0.119. The molecule has 6 heteroatoms. The minimum atomic E-state index is -0.530. The Kier molecular flexibility index (Phi) is 5.98. The Morgan fingerprint density at radius 2 is 1.87 bits per heavy atom. The summed E-state index contributed by atoms with van der Waals surface area (Å²) in [7, 11) is 3.17. The summed E-state index contributed by atoms with van der Waals surface area (Å²) in [4.78, 5) is 28.5. The predicted octanol–water partition coefficient (Wildman–Crippen LogP) is 5.01. The Labute approximate surface area is 182 Å². The molecule has 1 aliphatic heterocycles. The minimum absolute atomic E-state index is 0.0105. The number of rotatable bonds is 5. The Morgan fingerprint density at radius 3 is 2.61 bits per heavy atom. The zero-order valence-corrected chi connectivity index (χ0v) is 18.2. The van der Waals surface area contributed by atoms with Gasteiger partial charge in [0.1, 0.15) is 0 Å². The minimum Gasteiger partial charge on any atom is -0.493 e.